The monoisotopic (exact) mass is 538 g/mol. The lowest BCUT2D eigenvalue weighted by molar-refractivity contribution is -0.180. The van der Waals surface area contributed by atoms with Gasteiger partial charge in [0, 0.05) is 5.56 Å². The predicted octanol–water partition coefficient (Wildman–Crippen LogP) is 10.4. The van der Waals surface area contributed by atoms with Gasteiger partial charge in [-0.05, 0) is 103 Å². The molecule has 0 aliphatic heterocycles. The molecule has 208 valence electrons. The minimum Gasteiger partial charge on any atom is -0.433 e. The van der Waals surface area contributed by atoms with Crippen LogP contribution in [-0.2, 0) is 12.8 Å². The summed E-state index contributed by atoms with van der Waals surface area (Å²) in [5.41, 5.74) is 3.11. The fourth-order valence-electron chi connectivity index (χ4n) is 5.47. The van der Waals surface area contributed by atoms with Crippen LogP contribution in [0.4, 0.5) is 17.6 Å². The number of rotatable bonds is 12. The number of benzene rings is 3. The first kappa shape index (κ1) is 28.9. The number of allylic oxidation sites excluding steroid dienone is 1. The van der Waals surface area contributed by atoms with E-state index >= 15 is 0 Å². The summed E-state index contributed by atoms with van der Waals surface area (Å²) in [6.45, 7) is 5.99. The molecule has 39 heavy (non-hydrogen) atoms. The molecule has 0 unspecified atom stereocenters. The standard InChI is InChI=1S/C34H38F4O/c1-3-5-6-7-25-8-10-26(11-9-25)20-21-34(37,38)39-30-18-16-27(17-19-30)29-22-31(35)33(32(36)23-29)28-14-12-24(4-2)13-15-28/h4,8-11,16-19,22-24,28H,2-3,5-7,12-15,20-21H2,1H3. The molecule has 0 aromatic heterocycles. The van der Waals surface area contributed by atoms with Crippen LogP contribution in [0.25, 0.3) is 11.1 Å². The first-order valence-corrected chi connectivity index (χ1v) is 14.1. The Balaban J connectivity index is 1.34. The molecule has 3 aromatic rings. The average Bonchev–Trinajstić information content (AvgIpc) is 2.93. The van der Waals surface area contributed by atoms with E-state index in [0.717, 1.165) is 50.5 Å². The number of hydrogen-bond acceptors (Lipinski definition) is 1. The molecule has 0 radical (unpaired) electrons. The highest BCUT2D eigenvalue weighted by Crippen LogP contribution is 2.39. The molecule has 1 aliphatic rings. The van der Waals surface area contributed by atoms with E-state index in [1.54, 1.807) is 12.1 Å². The third-order valence-electron chi connectivity index (χ3n) is 7.84. The maximum Gasteiger partial charge on any atom is 0.398 e. The van der Waals surface area contributed by atoms with Crippen LogP contribution in [0.15, 0.2) is 73.3 Å². The lowest BCUT2D eigenvalue weighted by atomic mass is 9.78. The van der Waals surface area contributed by atoms with Crippen LogP contribution in [0.1, 0.15) is 80.9 Å². The zero-order valence-electron chi connectivity index (χ0n) is 22.7. The molecule has 3 aromatic carbocycles. The lowest BCUT2D eigenvalue weighted by Gasteiger charge is -2.27. The summed E-state index contributed by atoms with van der Waals surface area (Å²) >= 11 is 0. The van der Waals surface area contributed by atoms with E-state index in [0.29, 0.717) is 17.0 Å². The number of halogens is 4. The second kappa shape index (κ2) is 13.3. The topological polar surface area (TPSA) is 9.23 Å². The highest BCUT2D eigenvalue weighted by Gasteiger charge is 2.31. The third kappa shape index (κ3) is 7.97. The Kier molecular flexibility index (Phi) is 9.88. The second-order valence-electron chi connectivity index (χ2n) is 10.7. The maximum absolute atomic E-state index is 15.0. The summed E-state index contributed by atoms with van der Waals surface area (Å²) in [7, 11) is 0. The van der Waals surface area contributed by atoms with Crippen molar-refractivity contribution in [3.8, 4) is 16.9 Å². The van der Waals surface area contributed by atoms with E-state index in [2.05, 4.69) is 13.5 Å². The van der Waals surface area contributed by atoms with Crippen molar-refractivity contribution in [2.75, 3.05) is 0 Å². The maximum atomic E-state index is 15.0. The van der Waals surface area contributed by atoms with Crippen molar-refractivity contribution in [2.24, 2.45) is 5.92 Å². The number of hydrogen-bond donors (Lipinski definition) is 0. The molecule has 1 aliphatic carbocycles. The number of aryl methyl sites for hydroxylation is 2. The summed E-state index contributed by atoms with van der Waals surface area (Å²) in [6.07, 6.45) is 6.03. The van der Waals surface area contributed by atoms with Gasteiger partial charge in [-0.1, -0.05) is 62.2 Å². The zero-order valence-corrected chi connectivity index (χ0v) is 22.7. The van der Waals surface area contributed by atoms with Gasteiger partial charge in [0.05, 0.1) is 6.42 Å². The Morgan fingerprint density at radius 1 is 0.821 bits per heavy atom. The summed E-state index contributed by atoms with van der Waals surface area (Å²) in [6, 6.07) is 16.4. The molecule has 5 heteroatoms. The highest BCUT2D eigenvalue weighted by atomic mass is 19.3. The van der Waals surface area contributed by atoms with Crippen molar-refractivity contribution in [1.82, 2.24) is 0 Å². The van der Waals surface area contributed by atoms with Crippen molar-refractivity contribution in [3.63, 3.8) is 0 Å². The van der Waals surface area contributed by atoms with Crippen LogP contribution >= 0.6 is 0 Å². The molecular formula is C34H38F4O. The number of alkyl halides is 2. The predicted molar refractivity (Wildman–Crippen MR) is 150 cm³/mol. The zero-order chi connectivity index (χ0) is 27.8. The van der Waals surface area contributed by atoms with Gasteiger partial charge >= 0.3 is 6.11 Å². The van der Waals surface area contributed by atoms with Crippen LogP contribution in [0.5, 0.6) is 5.75 Å². The number of ether oxygens (including phenoxy) is 1. The summed E-state index contributed by atoms with van der Waals surface area (Å²) in [5, 5.41) is 0. The van der Waals surface area contributed by atoms with E-state index in [-0.39, 0.29) is 23.7 Å². The largest absolute Gasteiger partial charge is 0.433 e. The molecule has 0 heterocycles. The van der Waals surface area contributed by atoms with Crippen LogP contribution in [-0.4, -0.2) is 6.11 Å². The Labute approximate surface area is 229 Å². The Morgan fingerprint density at radius 3 is 1.97 bits per heavy atom. The summed E-state index contributed by atoms with van der Waals surface area (Å²) in [5.74, 6) is -0.851. The minimum atomic E-state index is -3.34. The molecule has 0 spiro atoms. The average molecular weight is 539 g/mol. The van der Waals surface area contributed by atoms with Crippen LogP contribution in [0, 0.1) is 17.6 Å². The Hall–Kier alpha value is -3.08. The van der Waals surface area contributed by atoms with E-state index in [4.69, 9.17) is 4.74 Å². The first-order valence-electron chi connectivity index (χ1n) is 14.1. The third-order valence-corrected chi connectivity index (χ3v) is 7.84. The van der Waals surface area contributed by atoms with Gasteiger partial charge in [-0.3, -0.25) is 0 Å². The van der Waals surface area contributed by atoms with Gasteiger partial charge in [0.25, 0.3) is 0 Å². The van der Waals surface area contributed by atoms with Crippen molar-refractivity contribution in [2.45, 2.75) is 83.2 Å². The van der Waals surface area contributed by atoms with Crippen LogP contribution < -0.4 is 4.74 Å². The quantitative estimate of drug-likeness (QED) is 0.127. The molecule has 1 nitrogen and oxygen atoms in total. The van der Waals surface area contributed by atoms with E-state index in [1.807, 2.05) is 30.3 Å². The molecule has 1 fully saturated rings. The Morgan fingerprint density at radius 2 is 1.41 bits per heavy atom. The fraction of sp³-hybridized carbons (Fsp3) is 0.412. The van der Waals surface area contributed by atoms with Gasteiger partial charge in [-0.15, -0.1) is 6.58 Å². The normalized spacial score (nSPS) is 17.7. The van der Waals surface area contributed by atoms with Crippen LogP contribution in [0.2, 0.25) is 0 Å². The van der Waals surface area contributed by atoms with Gasteiger partial charge in [-0.25, -0.2) is 8.78 Å². The highest BCUT2D eigenvalue weighted by molar-refractivity contribution is 5.65. The van der Waals surface area contributed by atoms with E-state index in [9.17, 15) is 17.6 Å². The molecule has 0 saturated heterocycles. The van der Waals surface area contributed by atoms with Crippen molar-refractivity contribution < 1.29 is 22.3 Å². The number of unbranched alkanes of at least 4 members (excludes halogenated alkanes) is 2. The molecular weight excluding hydrogens is 500 g/mol. The molecule has 0 bridgehead atoms. The fourth-order valence-corrected chi connectivity index (χ4v) is 5.47. The van der Waals surface area contributed by atoms with Gasteiger partial charge < -0.3 is 4.74 Å². The molecule has 1 saturated carbocycles. The minimum absolute atomic E-state index is 0.00608. The smallest absolute Gasteiger partial charge is 0.398 e. The van der Waals surface area contributed by atoms with E-state index in [1.165, 1.54) is 36.2 Å². The molecule has 0 atom stereocenters. The van der Waals surface area contributed by atoms with Crippen molar-refractivity contribution in [3.05, 3.63) is 102 Å². The summed E-state index contributed by atoms with van der Waals surface area (Å²) < 4.78 is 64.1. The second-order valence-corrected chi connectivity index (χ2v) is 10.7. The van der Waals surface area contributed by atoms with Crippen molar-refractivity contribution >= 4 is 0 Å². The van der Waals surface area contributed by atoms with Gasteiger partial charge in [0.15, 0.2) is 0 Å². The SMILES string of the molecule is C=CC1CCC(c2c(F)cc(-c3ccc(OC(F)(F)CCc4ccc(CCCCC)cc4)cc3)cc2F)CC1. The van der Waals surface area contributed by atoms with Gasteiger partial charge in [-0.2, -0.15) is 8.78 Å². The molecule has 0 amide bonds. The first-order chi connectivity index (χ1) is 18.8. The Bertz CT molecular complexity index is 1190. The van der Waals surface area contributed by atoms with Gasteiger partial charge in [0.2, 0.25) is 0 Å². The van der Waals surface area contributed by atoms with E-state index < -0.39 is 24.2 Å². The molecule has 4 rings (SSSR count). The van der Waals surface area contributed by atoms with Crippen molar-refractivity contribution in [1.29, 1.82) is 0 Å². The molecule has 0 N–H and O–H groups in total. The van der Waals surface area contributed by atoms with Gasteiger partial charge in [0.1, 0.15) is 17.4 Å². The van der Waals surface area contributed by atoms with Crippen LogP contribution in [0.3, 0.4) is 0 Å². The summed E-state index contributed by atoms with van der Waals surface area (Å²) in [4.78, 5) is 0. The lowest BCUT2D eigenvalue weighted by Crippen LogP contribution is -2.25.